The fourth-order valence-corrected chi connectivity index (χ4v) is 2.88. The molecule has 0 aromatic heterocycles. The second-order valence-electron chi connectivity index (χ2n) is 5.50. The average molecular weight is 361 g/mol. The largest absolute Gasteiger partial charge is 0.478 e. The van der Waals surface area contributed by atoms with Crippen LogP contribution in [0.5, 0.6) is 0 Å². The minimum atomic E-state index is -3.46. The molecule has 2 aromatic rings. The fourth-order valence-electron chi connectivity index (χ4n) is 1.98. The monoisotopic (exact) mass is 361 g/mol. The lowest BCUT2D eigenvalue weighted by Gasteiger charge is -2.11. The minimum absolute atomic E-state index is 0.198. The van der Waals surface area contributed by atoms with E-state index in [1.807, 2.05) is 0 Å². The molecule has 2 aromatic carbocycles. The molecule has 0 unspecified atom stereocenters. The fraction of sp³-hybridized carbons (Fsp3) is 0.176. The van der Waals surface area contributed by atoms with Crippen molar-refractivity contribution in [3.05, 3.63) is 59.7 Å². The van der Waals surface area contributed by atoms with E-state index in [4.69, 9.17) is 5.11 Å². The first-order valence-corrected chi connectivity index (χ1v) is 8.82. The van der Waals surface area contributed by atoms with Crippen molar-refractivity contribution in [1.29, 1.82) is 0 Å². The Morgan fingerprint density at radius 3 is 2.00 bits per heavy atom. The third kappa shape index (κ3) is 4.43. The summed E-state index contributed by atoms with van der Waals surface area (Å²) in [7, 11) is -0.493. The molecule has 0 radical (unpaired) electrons. The smallest absolute Gasteiger partial charge is 0.335 e. The molecule has 0 atom stereocenters. The number of hydrogen-bond donors (Lipinski definition) is 2. The Morgan fingerprint density at radius 1 is 1.00 bits per heavy atom. The lowest BCUT2D eigenvalue weighted by molar-refractivity contribution is 0.0697. The average Bonchev–Trinajstić information content (AvgIpc) is 2.60. The van der Waals surface area contributed by atoms with Crippen molar-refractivity contribution < 1.29 is 18.3 Å². The molecule has 0 fully saturated rings. The summed E-state index contributed by atoms with van der Waals surface area (Å²) in [5.41, 5.74) is 5.12. The highest BCUT2D eigenvalue weighted by Crippen LogP contribution is 2.15. The van der Waals surface area contributed by atoms with Crippen molar-refractivity contribution in [1.82, 2.24) is 4.31 Å². The summed E-state index contributed by atoms with van der Waals surface area (Å²) in [5.74, 6) is -0.987. The molecule has 0 aliphatic heterocycles. The zero-order chi connectivity index (χ0) is 18.6. The first-order valence-electron chi connectivity index (χ1n) is 7.38. The van der Waals surface area contributed by atoms with Crippen molar-refractivity contribution in [3.8, 4) is 0 Å². The van der Waals surface area contributed by atoms with Gasteiger partial charge in [0.25, 0.3) is 0 Å². The van der Waals surface area contributed by atoms with Gasteiger partial charge in [0.05, 0.1) is 21.9 Å². The molecule has 0 saturated carbocycles. The second-order valence-corrected chi connectivity index (χ2v) is 7.66. The van der Waals surface area contributed by atoms with Crippen LogP contribution in [-0.2, 0) is 10.0 Å². The van der Waals surface area contributed by atoms with E-state index in [0.29, 0.717) is 11.4 Å². The van der Waals surface area contributed by atoms with Crippen LogP contribution in [0.25, 0.3) is 0 Å². The summed E-state index contributed by atoms with van der Waals surface area (Å²) >= 11 is 0. The van der Waals surface area contributed by atoms with E-state index >= 15 is 0 Å². The molecule has 0 heterocycles. The lowest BCUT2D eigenvalue weighted by Crippen LogP contribution is -2.22. The molecular formula is C17H19N3O4S. The zero-order valence-corrected chi connectivity index (χ0v) is 14.9. The van der Waals surface area contributed by atoms with Crippen LogP contribution in [0.3, 0.4) is 0 Å². The first kappa shape index (κ1) is 18.6. The molecule has 132 valence electrons. The van der Waals surface area contributed by atoms with E-state index in [1.165, 1.54) is 38.4 Å². The van der Waals surface area contributed by atoms with Crippen LogP contribution in [0.2, 0.25) is 0 Å². The summed E-state index contributed by atoms with van der Waals surface area (Å²) in [5, 5.41) is 13.1. The third-order valence-electron chi connectivity index (χ3n) is 3.54. The minimum Gasteiger partial charge on any atom is -0.478 e. The molecule has 7 nitrogen and oxygen atoms in total. The number of sulfonamides is 1. The maximum atomic E-state index is 12.0. The highest BCUT2D eigenvalue weighted by molar-refractivity contribution is 7.89. The molecule has 2 rings (SSSR count). The van der Waals surface area contributed by atoms with Crippen LogP contribution < -0.4 is 5.43 Å². The molecule has 25 heavy (non-hydrogen) atoms. The summed E-state index contributed by atoms with van der Waals surface area (Å²) in [6.07, 6.45) is 0. The summed E-state index contributed by atoms with van der Waals surface area (Å²) in [4.78, 5) is 11.0. The SMILES string of the molecule is C/C(=N/Nc1ccc(C(=O)O)cc1)c1ccc(S(=O)(=O)N(C)C)cc1. The van der Waals surface area contributed by atoms with Gasteiger partial charge in [0, 0.05) is 14.1 Å². The molecule has 2 N–H and O–H groups in total. The van der Waals surface area contributed by atoms with E-state index in [0.717, 1.165) is 9.87 Å². The topological polar surface area (TPSA) is 99.1 Å². The van der Waals surface area contributed by atoms with E-state index in [-0.39, 0.29) is 10.5 Å². The molecule has 8 heteroatoms. The van der Waals surface area contributed by atoms with Gasteiger partial charge in [-0.1, -0.05) is 12.1 Å². The van der Waals surface area contributed by atoms with Crippen LogP contribution in [0.4, 0.5) is 5.69 Å². The van der Waals surface area contributed by atoms with Crippen molar-refractivity contribution in [2.75, 3.05) is 19.5 Å². The van der Waals surface area contributed by atoms with Gasteiger partial charge in [-0.25, -0.2) is 17.5 Å². The Labute approximate surface area is 146 Å². The zero-order valence-electron chi connectivity index (χ0n) is 14.1. The predicted molar refractivity (Wildman–Crippen MR) is 96.5 cm³/mol. The highest BCUT2D eigenvalue weighted by Gasteiger charge is 2.16. The molecule has 0 aliphatic rings. The quantitative estimate of drug-likeness (QED) is 0.608. The molecule has 0 bridgehead atoms. The van der Waals surface area contributed by atoms with Gasteiger partial charge >= 0.3 is 5.97 Å². The van der Waals surface area contributed by atoms with Crippen molar-refractivity contribution in [2.24, 2.45) is 5.10 Å². The van der Waals surface area contributed by atoms with E-state index in [2.05, 4.69) is 10.5 Å². The van der Waals surface area contributed by atoms with Crippen LogP contribution in [0.1, 0.15) is 22.8 Å². The van der Waals surface area contributed by atoms with E-state index in [9.17, 15) is 13.2 Å². The first-order chi connectivity index (χ1) is 11.7. The number of hydrogen-bond acceptors (Lipinski definition) is 5. The van der Waals surface area contributed by atoms with Crippen LogP contribution >= 0.6 is 0 Å². The van der Waals surface area contributed by atoms with Gasteiger partial charge in [-0.15, -0.1) is 0 Å². The number of nitrogens with one attached hydrogen (secondary N) is 1. The Morgan fingerprint density at radius 2 is 1.52 bits per heavy atom. The van der Waals surface area contributed by atoms with Crippen molar-refractivity contribution in [3.63, 3.8) is 0 Å². The number of carbonyl (C=O) groups is 1. The Hall–Kier alpha value is -2.71. The molecular weight excluding hydrogens is 342 g/mol. The van der Waals surface area contributed by atoms with Gasteiger partial charge in [0.2, 0.25) is 10.0 Å². The summed E-state index contributed by atoms with van der Waals surface area (Å²) in [6, 6.07) is 12.6. The molecule has 0 spiro atoms. The van der Waals surface area contributed by atoms with Gasteiger partial charge in [-0.05, 0) is 48.9 Å². The Balaban J connectivity index is 2.13. The van der Waals surface area contributed by atoms with Gasteiger partial charge in [0.15, 0.2) is 0 Å². The second kappa shape index (κ2) is 7.45. The Bertz CT molecular complexity index is 886. The molecule has 0 amide bonds. The maximum Gasteiger partial charge on any atom is 0.335 e. The number of aromatic carboxylic acids is 1. The highest BCUT2D eigenvalue weighted by atomic mass is 32.2. The summed E-state index contributed by atoms with van der Waals surface area (Å²) in [6.45, 7) is 1.79. The Kier molecular flexibility index (Phi) is 5.55. The summed E-state index contributed by atoms with van der Waals surface area (Å²) < 4.78 is 25.2. The number of rotatable bonds is 6. The maximum absolute atomic E-state index is 12.0. The number of nitrogens with zero attached hydrogens (tertiary/aromatic N) is 2. The number of carboxylic acid groups (broad SMARTS) is 1. The van der Waals surface area contributed by atoms with Gasteiger partial charge in [-0.2, -0.15) is 5.10 Å². The van der Waals surface area contributed by atoms with Crippen molar-refractivity contribution in [2.45, 2.75) is 11.8 Å². The van der Waals surface area contributed by atoms with Gasteiger partial charge in [-0.3, -0.25) is 5.43 Å². The van der Waals surface area contributed by atoms with Crippen LogP contribution in [0.15, 0.2) is 58.5 Å². The van der Waals surface area contributed by atoms with Crippen molar-refractivity contribution >= 4 is 27.4 Å². The lowest BCUT2D eigenvalue weighted by atomic mass is 10.1. The van der Waals surface area contributed by atoms with Crippen LogP contribution in [-0.4, -0.2) is 43.6 Å². The molecule has 0 aliphatic carbocycles. The molecule has 0 saturated heterocycles. The van der Waals surface area contributed by atoms with Crippen LogP contribution in [0, 0.1) is 0 Å². The number of anilines is 1. The van der Waals surface area contributed by atoms with E-state index < -0.39 is 16.0 Å². The van der Waals surface area contributed by atoms with Gasteiger partial charge < -0.3 is 5.11 Å². The number of hydrazone groups is 1. The standard InChI is InChI=1S/C17H19N3O4S/c1-12(18-19-15-8-4-14(5-9-15)17(21)22)13-6-10-16(11-7-13)25(23,24)20(2)3/h4-11,19H,1-3H3,(H,21,22)/b18-12-. The third-order valence-corrected chi connectivity index (χ3v) is 5.36. The normalized spacial score (nSPS) is 12.2. The van der Waals surface area contributed by atoms with E-state index in [1.54, 1.807) is 31.2 Å². The van der Waals surface area contributed by atoms with Gasteiger partial charge in [0.1, 0.15) is 0 Å². The predicted octanol–water partition coefficient (Wildman–Crippen LogP) is 2.47. The number of benzene rings is 2. The number of carboxylic acids is 1.